The van der Waals surface area contributed by atoms with E-state index in [9.17, 15) is 8.78 Å². The van der Waals surface area contributed by atoms with Crippen molar-refractivity contribution in [2.24, 2.45) is 0 Å². The average molecular weight is 240 g/mol. The predicted octanol–water partition coefficient (Wildman–Crippen LogP) is 2.46. The van der Waals surface area contributed by atoms with E-state index in [1.54, 1.807) is 6.92 Å². The van der Waals surface area contributed by atoms with Crippen LogP contribution in [0.4, 0.5) is 14.5 Å². The maximum atomic E-state index is 13.8. The van der Waals surface area contributed by atoms with E-state index < -0.39 is 0 Å². The van der Waals surface area contributed by atoms with Crippen molar-refractivity contribution in [3.05, 3.63) is 29.3 Å². The lowest BCUT2D eigenvalue weighted by molar-refractivity contribution is 0.565. The van der Waals surface area contributed by atoms with Crippen molar-refractivity contribution in [3.63, 3.8) is 0 Å². The molecule has 4 heteroatoms. The summed E-state index contributed by atoms with van der Waals surface area (Å²) in [6.45, 7) is 5.96. The van der Waals surface area contributed by atoms with E-state index in [1.165, 1.54) is 12.1 Å². The number of benzene rings is 1. The van der Waals surface area contributed by atoms with Gasteiger partial charge in [0.25, 0.3) is 0 Å². The minimum Gasteiger partial charge on any atom is -0.368 e. The first-order valence-electron chi connectivity index (χ1n) is 6.02. The summed E-state index contributed by atoms with van der Waals surface area (Å²) in [6.07, 6.45) is 0.939. The molecule has 1 aromatic rings. The van der Waals surface area contributed by atoms with Gasteiger partial charge in [-0.15, -0.1) is 0 Å². The molecular formula is C13H18F2N2. The molecule has 1 saturated heterocycles. The third-order valence-electron chi connectivity index (χ3n) is 3.28. The van der Waals surface area contributed by atoms with Crippen molar-refractivity contribution in [2.45, 2.75) is 26.3 Å². The van der Waals surface area contributed by atoms with Gasteiger partial charge < -0.3 is 10.2 Å². The standard InChI is InChI=1S/C13H18F2N2/c1-9-7-12(15)13(8-11(9)14)17-5-3-10(2)16-4-6-17/h7-8,10,16H,3-6H2,1-2H3. The lowest BCUT2D eigenvalue weighted by Gasteiger charge is -2.23. The maximum Gasteiger partial charge on any atom is 0.146 e. The summed E-state index contributed by atoms with van der Waals surface area (Å²) in [5.41, 5.74) is 0.733. The predicted molar refractivity (Wildman–Crippen MR) is 65.4 cm³/mol. The molecule has 0 aromatic heterocycles. The van der Waals surface area contributed by atoms with Gasteiger partial charge in [-0.2, -0.15) is 0 Å². The number of nitrogens with zero attached hydrogens (tertiary/aromatic N) is 1. The zero-order chi connectivity index (χ0) is 12.4. The fraction of sp³-hybridized carbons (Fsp3) is 0.538. The van der Waals surface area contributed by atoms with Crippen LogP contribution in [-0.4, -0.2) is 25.7 Å². The molecule has 94 valence electrons. The van der Waals surface area contributed by atoms with Gasteiger partial charge in [0.2, 0.25) is 0 Å². The normalized spacial score (nSPS) is 21.4. The molecule has 1 fully saturated rings. The van der Waals surface area contributed by atoms with E-state index in [0.717, 1.165) is 19.5 Å². The topological polar surface area (TPSA) is 15.3 Å². The molecule has 2 nitrogen and oxygen atoms in total. The molecule has 0 bridgehead atoms. The highest BCUT2D eigenvalue weighted by atomic mass is 19.1. The second kappa shape index (κ2) is 5.00. The van der Waals surface area contributed by atoms with E-state index in [2.05, 4.69) is 12.2 Å². The lowest BCUT2D eigenvalue weighted by Crippen LogP contribution is -2.29. The van der Waals surface area contributed by atoms with Gasteiger partial charge in [-0.05, 0) is 31.9 Å². The summed E-state index contributed by atoms with van der Waals surface area (Å²) in [4.78, 5) is 1.91. The molecule has 1 N–H and O–H groups in total. The molecule has 0 radical (unpaired) electrons. The van der Waals surface area contributed by atoms with Crippen LogP contribution >= 0.6 is 0 Å². The molecule has 1 aliphatic heterocycles. The van der Waals surface area contributed by atoms with Crippen molar-refractivity contribution in [3.8, 4) is 0 Å². The van der Waals surface area contributed by atoms with Crippen molar-refractivity contribution in [1.82, 2.24) is 5.32 Å². The third kappa shape index (κ3) is 2.75. The number of nitrogens with one attached hydrogen (secondary N) is 1. The van der Waals surface area contributed by atoms with Crippen LogP contribution in [0.25, 0.3) is 0 Å². The smallest absolute Gasteiger partial charge is 0.146 e. The molecule has 0 saturated carbocycles. The van der Waals surface area contributed by atoms with Gasteiger partial charge in [-0.3, -0.25) is 0 Å². The second-order valence-corrected chi connectivity index (χ2v) is 4.68. The molecule has 1 aromatic carbocycles. The van der Waals surface area contributed by atoms with E-state index in [0.29, 0.717) is 23.8 Å². The zero-order valence-electron chi connectivity index (χ0n) is 10.3. The fourth-order valence-corrected chi connectivity index (χ4v) is 2.13. The Labute approximate surface area is 101 Å². The molecule has 1 heterocycles. The van der Waals surface area contributed by atoms with Gasteiger partial charge >= 0.3 is 0 Å². The van der Waals surface area contributed by atoms with Crippen LogP contribution in [-0.2, 0) is 0 Å². The van der Waals surface area contributed by atoms with Crippen LogP contribution in [0.1, 0.15) is 18.9 Å². The Bertz CT molecular complexity index is 407. The van der Waals surface area contributed by atoms with E-state index in [1.807, 2.05) is 4.90 Å². The lowest BCUT2D eigenvalue weighted by atomic mass is 10.1. The minimum absolute atomic E-state index is 0.335. The molecule has 2 rings (SSSR count). The van der Waals surface area contributed by atoms with Crippen molar-refractivity contribution in [2.75, 3.05) is 24.5 Å². The SMILES string of the molecule is Cc1cc(F)c(N2CCNC(C)CC2)cc1F. The Balaban J connectivity index is 2.24. The van der Waals surface area contributed by atoms with Crippen LogP contribution in [0.3, 0.4) is 0 Å². The highest BCUT2D eigenvalue weighted by molar-refractivity contribution is 5.49. The Morgan fingerprint density at radius 1 is 1.24 bits per heavy atom. The Morgan fingerprint density at radius 2 is 2.00 bits per heavy atom. The molecule has 1 aliphatic rings. The second-order valence-electron chi connectivity index (χ2n) is 4.68. The monoisotopic (exact) mass is 240 g/mol. The number of aryl methyl sites for hydroxylation is 1. The van der Waals surface area contributed by atoms with E-state index in [4.69, 9.17) is 0 Å². The molecule has 0 aliphatic carbocycles. The van der Waals surface area contributed by atoms with Crippen LogP contribution in [0.2, 0.25) is 0 Å². The summed E-state index contributed by atoms with van der Waals surface area (Å²) < 4.78 is 27.3. The van der Waals surface area contributed by atoms with Crippen LogP contribution < -0.4 is 10.2 Å². The fourth-order valence-electron chi connectivity index (χ4n) is 2.13. The quantitative estimate of drug-likeness (QED) is 0.811. The summed E-state index contributed by atoms with van der Waals surface area (Å²) in [5.74, 6) is -0.676. The van der Waals surface area contributed by atoms with Gasteiger partial charge in [-0.25, -0.2) is 8.78 Å². The summed E-state index contributed by atoms with van der Waals surface area (Å²) >= 11 is 0. The van der Waals surface area contributed by atoms with Crippen molar-refractivity contribution >= 4 is 5.69 Å². The first kappa shape index (κ1) is 12.3. The summed E-state index contributed by atoms with van der Waals surface area (Å²) in [5, 5.41) is 3.33. The van der Waals surface area contributed by atoms with Crippen LogP contribution in [0.15, 0.2) is 12.1 Å². The van der Waals surface area contributed by atoms with Gasteiger partial charge in [0.05, 0.1) is 5.69 Å². The molecule has 1 unspecified atom stereocenters. The zero-order valence-corrected chi connectivity index (χ0v) is 10.3. The molecule has 1 atom stereocenters. The first-order valence-corrected chi connectivity index (χ1v) is 6.02. The molecule has 17 heavy (non-hydrogen) atoms. The van der Waals surface area contributed by atoms with Crippen LogP contribution in [0, 0.1) is 18.6 Å². The van der Waals surface area contributed by atoms with Gasteiger partial charge in [0, 0.05) is 31.7 Å². The largest absolute Gasteiger partial charge is 0.368 e. The van der Waals surface area contributed by atoms with Gasteiger partial charge in [0.15, 0.2) is 0 Å². The van der Waals surface area contributed by atoms with Crippen LogP contribution in [0.5, 0.6) is 0 Å². The first-order chi connectivity index (χ1) is 8.08. The molecule has 0 spiro atoms. The van der Waals surface area contributed by atoms with Gasteiger partial charge in [-0.1, -0.05) is 0 Å². The highest BCUT2D eigenvalue weighted by Gasteiger charge is 2.17. The third-order valence-corrected chi connectivity index (χ3v) is 3.28. The average Bonchev–Trinajstić information content (AvgIpc) is 2.49. The maximum absolute atomic E-state index is 13.8. The Kier molecular flexibility index (Phi) is 3.62. The minimum atomic E-state index is -0.341. The number of rotatable bonds is 1. The van der Waals surface area contributed by atoms with Crippen molar-refractivity contribution < 1.29 is 8.78 Å². The van der Waals surface area contributed by atoms with Crippen molar-refractivity contribution in [1.29, 1.82) is 0 Å². The number of hydrogen-bond acceptors (Lipinski definition) is 2. The summed E-state index contributed by atoms with van der Waals surface area (Å²) in [7, 11) is 0. The molecular weight excluding hydrogens is 222 g/mol. The van der Waals surface area contributed by atoms with E-state index in [-0.39, 0.29) is 11.6 Å². The Hall–Kier alpha value is -1.16. The molecule has 0 amide bonds. The highest BCUT2D eigenvalue weighted by Crippen LogP contribution is 2.23. The number of hydrogen-bond donors (Lipinski definition) is 1. The van der Waals surface area contributed by atoms with E-state index >= 15 is 0 Å². The number of anilines is 1. The number of halogens is 2. The van der Waals surface area contributed by atoms with Gasteiger partial charge in [0.1, 0.15) is 11.6 Å². The Morgan fingerprint density at radius 3 is 2.76 bits per heavy atom. The summed E-state index contributed by atoms with van der Waals surface area (Å²) in [6, 6.07) is 3.01.